The van der Waals surface area contributed by atoms with Gasteiger partial charge in [-0.05, 0) is 74.2 Å². The van der Waals surface area contributed by atoms with Crippen molar-refractivity contribution >= 4 is 27.5 Å². The molecule has 1 heterocycles. The zero-order chi connectivity index (χ0) is 22.8. The van der Waals surface area contributed by atoms with Gasteiger partial charge in [0.15, 0.2) is 6.29 Å². The highest BCUT2D eigenvalue weighted by molar-refractivity contribution is 7.98. The van der Waals surface area contributed by atoms with Gasteiger partial charge in [0.2, 0.25) is 0 Å². The molecule has 8 heteroatoms. The van der Waals surface area contributed by atoms with E-state index in [9.17, 15) is 18.6 Å². The van der Waals surface area contributed by atoms with Crippen molar-refractivity contribution in [3.63, 3.8) is 0 Å². The number of anilines is 1. The lowest BCUT2D eigenvalue weighted by atomic mass is 10.0. The van der Waals surface area contributed by atoms with Crippen LogP contribution < -0.4 is 4.72 Å². The summed E-state index contributed by atoms with van der Waals surface area (Å²) in [5.41, 5.74) is 5.49. The monoisotopic (exact) mass is 458 g/mol. The Morgan fingerprint density at radius 3 is 2.35 bits per heavy atom. The smallest absolute Gasteiger partial charge is 0.261 e. The number of aliphatic hydroxyl groups is 2. The number of hydrogen-bond donors (Lipinski definition) is 3. The fourth-order valence-corrected chi connectivity index (χ4v) is 5.26. The molecule has 0 atom stereocenters. The Labute approximate surface area is 187 Å². The number of rotatable bonds is 7. The van der Waals surface area contributed by atoms with E-state index in [1.165, 1.54) is 35.0 Å². The second kappa shape index (κ2) is 9.40. The van der Waals surface area contributed by atoms with Crippen LogP contribution in [-0.2, 0) is 15.8 Å². The molecule has 3 N–H and O–H groups in total. The van der Waals surface area contributed by atoms with Crippen LogP contribution in [0.15, 0.2) is 58.6 Å². The molecule has 0 aliphatic carbocycles. The van der Waals surface area contributed by atoms with Crippen LogP contribution in [0.1, 0.15) is 39.7 Å². The standard InChI is InChI=1S/C23H26N2O4S2/c1-14-5-6-18(16(3)9-14)13-30-22-8-7-19(12-24-22)25-31(28,29)20-10-15(2)17(4)21(11-20)23(26)27/h5-12,23,25-27H,13H2,1-4H3. The Bertz CT molecular complexity index is 1190. The summed E-state index contributed by atoms with van der Waals surface area (Å²) in [6, 6.07) is 12.6. The molecular formula is C23H26N2O4S2. The molecule has 0 radical (unpaired) electrons. The first kappa shape index (κ1) is 23.3. The molecule has 0 bridgehead atoms. The summed E-state index contributed by atoms with van der Waals surface area (Å²) in [5.74, 6) is 0.777. The lowest BCUT2D eigenvalue weighted by Gasteiger charge is -2.15. The molecule has 3 rings (SSSR count). The van der Waals surface area contributed by atoms with Crippen LogP contribution in [0, 0.1) is 27.7 Å². The summed E-state index contributed by atoms with van der Waals surface area (Å²) in [4.78, 5) is 4.32. The minimum atomic E-state index is -3.91. The Kier molecular flexibility index (Phi) is 7.06. The minimum Gasteiger partial charge on any atom is -0.364 e. The Morgan fingerprint density at radius 2 is 1.74 bits per heavy atom. The summed E-state index contributed by atoms with van der Waals surface area (Å²) in [5, 5.41) is 19.9. The maximum Gasteiger partial charge on any atom is 0.261 e. The highest BCUT2D eigenvalue weighted by Gasteiger charge is 2.19. The number of sulfonamides is 1. The molecule has 0 aliphatic heterocycles. The molecular weight excluding hydrogens is 432 g/mol. The maximum absolute atomic E-state index is 12.8. The molecule has 0 saturated carbocycles. The van der Waals surface area contributed by atoms with Gasteiger partial charge in [0, 0.05) is 11.3 Å². The molecule has 1 aromatic heterocycles. The zero-order valence-corrected chi connectivity index (χ0v) is 19.5. The Hall–Kier alpha value is -2.39. The fourth-order valence-electron chi connectivity index (χ4n) is 3.18. The third kappa shape index (κ3) is 5.65. The van der Waals surface area contributed by atoms with Gasteiger partial charge < -0.3 is 10.2 Å². The predicted molar refractivity (Wildman–Crippen MR) is 124 cm³/mol. The predicted octanol–water partition coefficient (Wildman–Crippen LogP) is 4.39. The van der Waals surface area contributed by atoms with E-state index in [0.29, 0.717) is 16.8 Å². The summed E-state index contributed by atoms with van der Waals surface area (Å²) in [7, 11) is -3.91. The first-order valence-electron chi connectivity index (χ1n) is 9.72. The average molecular weight is 459 g/mol. The van der Waals surface area contributed by atoms with Crippen molar-refractivity contribution in [2.75, 3.05) is 4.72 Å². The van der Waals surface area contributed by atoms with Gasteiger partial charge in [-0.2, -0.15) is 0 Å². The van der Waals surface area contributed by atoms with Crippen LogP contribution in [0.5, 0.6) is 0 Å². The van der Waals surface area contributed by atoms with Gasteiger partial charge in [-0.15, -0.1) is 11.8 Å². The Morgan fingerprint density at radius 1 is 1.00 bits per heavy atom. The van der Waals surface area contributed by atoms with Gasteiger partial charge in [-0.3, -0.25) is 4.72 Å². The summed E-state index contributed by atoms with van der Waals surface area (Å²) >= 11 is 1.58. The largest absolute Gasteiger partial charge is 0.364 e. The van der Waals surface area contributed by atoms with E-state index in [-0.39, 0.29) is 10.5 Å². The molecule has 0 spiro atoms. The quantitative estimate of drug-likeness (QED) is 0.359. The number of benzene rings is 2. The van der Waals surface area contributed by atoms with E-state index in [0.717, 1.165) is 10.8 Å². The first-order valence-corrected chi connectivity index (χ1v) is 12.2. The number of aromatic nitrogens is 1. The molecule has 2 aromatic carbocycles. The Balaban J connectivity index is 1.73. The van der Waals surface area contributed by atoms with Gasteiger partial charge in [-0.1, -0.05) is 23.8 Å². The molecule has 0 saturated heterocycles. The van der Waals surface area contributed by atoms with Crippen molar-refractivity contribution < 1.29 is 18.6 Å². The van der Waals surface area contributed by atoms with Crippen LogP contribution in [0.25, 0.3) is 0 Å². The highest BCUT2D eigenvalue weighted by atomic mass is 32.2. The highest BCUT2D eigenvalue weighted by Crippen LogP contribution is 2.27. The number of aryl methyl sites for hydroxylation is 3. The third-order valence-electron chi connectivity index (χ3n) is 5.13. The third-order valence-corrected chi connectivity index (χ3v) is 7.49. The van der Waals surface area contributed by atoms with Crippen LogP contribution in [0.3, 0.4) is 0 Å². The summed E-state index contributed by atoms with van der Waals surface area (Å²) in [6.07, 6.45) is -0.269. The van der Waals surface area contributed by atoms with Gasteiger partial charge in [-0.25, -0.2) is 13.4 Å². The van der Waals surface area contributed by atoms with E-state index in [4.69, 9.17) is 0 Å². The first-order chi connectivity index (χ1) is 14.6. The minimum absolute atomic E-state index is 0.0352. The van der Waals surface area contributed by atoms with Gasteiger partial charge in [0.05, 0.1) is 21.8 Å². The molecule has 0 fully saturated rings. The van der Waals surface area contributed by atoms with E-state index < -0.39 is 16.3 Å². The van der Waals surface area contributed by atoms with Crippen LogP contribution in [0.4, 0.5) is 5.69 Å². The summed E-state index contributed by atoms with van der Waals surface area (Å²) in [6.45, 7) is 7.59. The second-order valence-corrected chi connectivity index (χ2v) is 10.2. The van der Waals surface area contributed by atoms with Gasteiger partial charge in [0.25, 0.3) is 10.0 Å². The van der Waals surface area contributed by atoms with Crippen LogP contribution in [0.2, 0.25) is 0 Å². The van der Waals surface area contributed by atoms with Crippen molar-refractivity contribution in [3.05, 3.63) is 82.0 Å². The van der Waals surface area contributed by atoms with Crippen molar-refractivity contribution in [1.29, 1.82) is 0 Å². The van der Waals surface area contributed by atoms with Crippen LogP contribution in [-0.4, -0.2) is 23.6 Å². The van der Waals surface area contributed by atoms with Crippen molar-refractivity contribution in [2.45, 2.75) is 49.7 Å². The molecule has 164 valence electrons. The number of nitrogens with zero attached hydrogens (tertiary/aromatic N) is 1. The molecule has 3 aromatic rings. The fraction of sp³-hybridized carbons (Fsp3) is 0.261. The van der Waals surface area contributed by atoms with Crippen molar-refractivity contribution in [1.82, 2.24) is 4.98 Å². The molecule has 31 heavy (non-hydrogen) atoms. The lowest BCUT2D eigenvalue weighted by Crippen LogP contribution is -2.15. The average Bonchev–Trinajstić information content (AvgIpc) is 2.70. The lowest BCUT2D eigenvalue weighted by molar-refractivity contribution is -0.0431. The van der Waals surface area contributed by atoms with E-state index in [2.05, 4.69) is 41.8 Å². The molecule has 0 amide bonds. The molecule has 6 nitrogen and oxygen atoms in total. The number of aliphatic hydroxyl groups excluding tert-OH is 1. The number of hydrogen-bond acceptors (Lipinski definition) is 6. The molecule has 0 unspecified atom stereocenters. The van der Waals surface area contributed by atoms with Gasteiger partial charge >= 0.3 is 0 Å². The number of nitrogens with one attached hydrogen (secondary N) is 1. The zero-order valence-electron chi connectivity index (χ0n) is 17.9. The van der Waals surface area contributed by atoms with Crippen LogP contribution >= 0.6 is 11.8 Å². The maximum atomic E-state index is 12.8. The summed E-state index contributed by atoms with van der Waals surface area (Å²) < 4.78 is 28.1. The van der Waals surface area contributed by atoms with Gasteiger partial charge in [0.1, 0.15) is 0 Å². The van der Waals surface area contributed by atoms with E-state index in [1.807, 2.05) is 0 Å². The topological polar surface area (TPSA) is 99.5 Å². The van der Waals surface area contributed by atoms with Crippen molar-refractivity contribution in [3.8, 4) is 0 Å². The van der Waals surface area contributed by atoms with E-state index in [1.54, 1.807) is 37.7 Å². The van der Waals surface area contributed by atoms with E-state index >= 15 is 0 Å². The second-order valence-electron chi connectivity index (χ2n) is 7.54. The normalized spacial score (nSPS) is 11.7. The number of thioether (sulfide) groups is 1. The number of pyridine rings is 1. The molecule has 0 aliphatic rings. The SMILES string of the molecule is Cc1ccc(CSc2ccc(NS(=O)(=O)c3cc(C)c(C)c(C(O)O)c3)cn2)c(C)c1. The van der Waals surface area contributed by atoms with Crippen molar-refractivity contribution in [2.24, 2.45) is 0 Å².